The molecule has 1 amide bonds. The minimum Gasteiger partial charge on any atom is -0.396 e. The van der Waals surface area contributed by atoms with Crippen LogP contribution in [-0.2, 0) is 0 Å². The van der Waals surface area contributed by atoms with Crippen molar-refractivity contribution >= 4 is 17.7 Å². The average Bonchev–Trinajstić information content (AvgIpc) is 2.30. The topological polar surface area (TPSA) is 62.2 Å². The van der Waals surface area contributed by atoms with Crippen LogP contribution in [0.4, 0.5) is 0 Å². The Morgan fingerprint density at radius 1 is 1.59 bits per heavy atom. The maximum absolute atomic E-state index is 11.9. The molecule has 0 fully saturated rings. The first kappa shape index (κ1) is 14.0. The minimum absolute atomic E-state index is 0.00352. The molecule has 0 radical (unpaired) electrons. The number of hydrogen-bond acceptors (Lipinski definition) is 4. The first-order valence-corrected chi connectivity index (χ1v) is 6.90. The van der Waals surface area contributed by atoms with Crippen molar-refractivity contribution in [2.24, 2.45) is 0 Å². The van der Waals surface area contributed by atoms with Gasteiger partial charge in [0.2, 0.25) is 0 Å². The van der Waals surface area contributed by atoms with E-state index in [0.29, 0.717) is 12.0 Å². The SMILES string of the molecule is CSCC(CCO)NC(=O)c1ccc(C)nc1. The molecule has 0 spiro atoms. The highest BCUT2D eigenvalue weighted by molar-refractivity contribution is 7.98. The van der Waals surface area contributed by atoms with Crippen LogP contribution in [0.1, 0.15) is 22.5 Å². The number of aliphatic hydroxyl groups is 1. The van der Waals surface area contributed by atoms with Crippen molar-refractivity contribution in [3.63, 3.8) is 0 Å². The van der Waals surface area contributed by atoms with Crippen molar-refractivity contribution < 1.29 is 9.90 Å². The molecule has 0 aliphatic carbocycles. The van der Waals surface area contributed by atoms with Gasteiger partial charge in [0.1, 0.15) is 0 Å². The van der Waals surface area contributed by atoms with Gasteiger partial charge in [0.15, 0.2) is 0 Å². The number of nitrogens with zero attached hydrogens (tertiary/aromatic N) is 1. The number of carbonyl (C=O) groups excluding carboxylic acids is 1. The van der Waals surface area contributed by atoms with Crippen molar-refractivity contribution in [1.29, 1.82) is 0 Å². The minimum atomic E-state index is -0.134. The first-order valence-electron chi connectivity index (χ1n) is 5.50. The number of nitrogens with one attached hydrogen (secondary N) is 1. The summed E-state index contributed by atoms with van der Waals surface area (Å²) in [5.41, 5.74) is 1.44. The summed E-state index contributed by atoms with van der Waals surface area (Å²) in [5, 5.41) is 11.8. The molecule has 1 aromatic heterocycles. The molecule has 1 unspecified atom stereocenters. The summed E-state index contributed by atoms with van der Waals surface area (Å²) in [6.07, 6.45) is 4.12. The van der Waals surface area contributed by atoms with E-state index >= 15 is 0 Å². The van der Waals surface area contributed by atoms with Gasteiger partial charge in [-0.25, -0.2) is 0 Å². The predicted octanol–water partition coefficient (Wildman–Crippen LogP) is 1.23. The Hall–Kier alpha value is -1.07. The van der Waals surface area contributed by atoms with Gasteiger partial charge in [-0.1, -0.05) is 0 Å². The monoisotopic (exact) mass is 254 g/mol. The molecule has 1 atom stereocenters. The fraction of sp³-hybridized carbons (Fsp3) is 0.500. The quantitative estimate of drug-likeness (QED) is 0.801. The van der Waals surface area contributed by atoms with Crippen molar-refractivity contribution in [2.45, 2.75) is 19.4 Å². The van der Waals surface area contributed by atoms with Crippen LogP contribution in [0.15, 0.2) is 18.3 Å². The normalized spacial score (nSPS) is 12.2. The van der Waals surface area contributed by atoms with Crippen LogP contribution in [0, 0.1) is 6.92 Å². The molecule has 2 N–H and O–H groups in total. The third kappa shape index (κ3) is 4.75. The molecular weight excluding hydrogens is 236 g/mol. The highest BCUT2D eigenvalue weighted by Crippen LogP contribution is 2.04. The van der Waals surface area contributed by atoms with E-state index in [9.17, 15) is 4.79 Å². The lowest BCUT2D eigenvalue weighted by Crippen LogP contribution is -2.37. The van der Waals surface area contributed by atoms with Gasteiger partial charge in [-0.15, -0.1) is 0 Å². The summed E-state index contributed by atoms with van der Waals surface area (Å²) < 4.78 is 0. The van der Waals surface area contributed by atoms with Gasteiger partial charge < -0.3 is 10.4 Å². The fourth-order valence-electron chi connectivity index (χ4n) is 1.43. The molecule has 1 rings (SSSR count). The van der Waals surface area contributed by atoms with E-state index in [0.717, 1.165) is 11.4 Å². The van der Waals surface area contributed by atoms with Crippen LogP contribution in [0.2, 0.25) is 0 Å². The highest BCUT2D eigenvalue weighted by Gasteiger charge is 2.12. The smallest absolute Gasteiger partial charge is 0.253 e. The van der Waals surface area contributed by atoms with E-state index < -0.39 is 0 Å². The van der Waals surface area contributed by atoms with Crippen LogP contribution in [-0.4, -0.2) is 40.7 Å². The lowest BCUT2D eigenvalue weighted by Gasteiger charge is -2.16. The van der Waals surface area contributed by atoms with Gasteiger partial charge in [0.25, 0.3) is 5.91 Å². The molecule has 4 nitrogen and oxygen atoms in total. The number of pyridine rings is 1. The van der Waals surface area contributed by atoms with Gasteiger partial charge in [-0.3, -0.25) is 9.78 Å². The van der Waals surface area contributed by atoms with E-state index in [1.165, 1.54) is 0 Å². The highest BCUT2D eigenvalue weighted by atomic mass is 32.2. The summed E-state index contributed by atoms with van der Waals surface area (Å²) in [4.78, 5) is 16.0. The number of carbonyl (C=O) groups is 1. The Morgan fingerprint density at radius 3 is 2.88 bits per heavy atom. The summed E-state index contributed by atoms with van der Waals surface area (Å²) in [6, 6.07) is 3.57. The van der Waals surface area contributed by atoms with E-state index in [1.807, 2.05) is 19.2 Å². The summed E-state index contributed by atoms with van der Waals surface area (Å²) in [7, 11) is 0. The molecule has 1 aromatic rings. The average molecular weight is 254 g/mol. The first-order chi connectivity index (χ1) is 8.17. The van der Waals surface area contributed by atoms with E-state index in [2.05, 4.69) is 10.3 Å². The molecule has 1 heterocycles. The molecule has 0 aliphatic rings. The van der Waals surface area contributed by atoms with E-state index in [4.69, 9.17) is 5.11 Å². The standard InChI is InChI=1S/C12H18N2O2S/c1-9-3-4-10(7-13-9)12(16)14-11(5-6-15)8-17-2/h3-4,7,11,15H,5-6,8H2,1-2H3,(H,14,16). The molecular formula is C12H18N2O2S. The number of rotatable bonds is 6. The molecule has 0 saturated heterocycles. The Kier molecular flexibility index (Phi) is 6.00. The Labute approximate surface area is 106 Å². The second-order valence-corrected chi connectivity index (χ2v) is 4.74. The largest absolute Gasteiger partial charge is 0.396 e. The number of amides is 1. The van der Waals surface area contributed by atoms with Gasteiger partial charge in [-0.2, -0.15) is 11.8 Å². The fourth-order valence-corrected chi connectivity index (χ4v) is 2.08. The Bertz CT molecular complexity index is 348. The number of aliphatic hydroxyl groups excluding tert-OH is 1. The summed E-state index contributed by atoms with van der Waals surface area (Å²) in [5.74, 6) is 0.663. The third-order valence-corrected chi connectivity index (χ3v) is 3.09. The lowest BCUT2D eigenvalue weighted by atomic mass is 10.2. The number of aryl methyl sites for hydroxylation is 1. The number of thioether (sulfide) groups is 1. The number of aromatic nitrogens is 1. The van der Waals surface area contributed by atoms with Crippen molar-refractivity contribution in [3.8, 4) is 0 Å². The summed E-state index contributed by atoms with van der Waals surface area (Å²) >= 11 is 1.65. The molecule has 5 heteroatoms. The zero-order chi connectivity index (χ0) is 12.7. The van der Waals surface area contributed by atoms with Crippen LogP contribution >= 0.6 is 11.8 Å². The van der Waals surface area contributed by atoms with Gasteiger partial charge in [0, 0.05) is 30.3 Å². The molecule has 0 aromatic carbocycles. The van der Waals surface area contributed by atoms with Gasteiger partial charge in [0.05, 0.1) is 5.56 Å². The molecule has 94 valence electrons. The summed E-state index contributed by atoms with van der Waals surface area (Å²) in [6.45, 7) is 1.96. The number of hydrogen-bond donors (Lipinski definition) is 2. The lowest BCUT2D eigenvalue weighted by molar-refractivity contribution is 0.0935. The maximum Gasteiger partial charge on any atom is 0.253 e. The molecule has 0 saturated carbocycles. The van der Waals surface area contributed by atoms with E-state index in [-0.39, 0.29) is 18.6 Å². The molecule has 17 heavy (non-hydrogen) atoms. The predicted molar refractivity (Wildman–Crippen MR) is 70.3 cm³/mol. The van der Waals surface area contributed by atoms with Crippen molar-refractivity contribution in [2.75, 3.05) is 18.6 Å². The van der Waals surface area contributed by atoms with Gasteiger partial charge >= 0.3 is 0 Å². The zero-order valence-electron chi connectivity index (χ0n) is 10.1. The van der Waals surface area contributed by atoms with Crippen molar-refractivity contribution in [1.82, 2.24) is 10.3 Å². The molecule has 0 aliphatic heterocycles. The van der Waals surface area contributed by atoms with Crippen LogP contribution in [0.3, 0.4) is 0 Å². The van der Waals surface area contributed by atoms with E-state index in [1.54, 1.807) is 24.0 Å². The van der Waals surface area contributed by atoms with Crippen LogP contribution < -0.4 is 5.32 Å². The Balaban J connectivity index is 2.60. The van der Waals surface area contributed by atoms with Crippen LogP contribution in [0.25, 0.3) is 0 Å². The third-order valence-electron chi connectivity index (χ3n) is 2.35. The van der Waals surface area contributed by atoms with Gasteiger partial charge in [-0.05, 0) is 31.7 Å². The second kappa shape index (κ2) is 7.29. The molecule has 0 bridgehead atoms. The van der Waals surface area contributed by atoms with Crippen LogP contribution in [0.5, 0.6) is 0 Å². The zero-order valence-corrected chi connectivity index (χ0v) is 11.0. The second-order valence-electron chi connectivity index (χ2n) is 3.83. The Morgan fingerprint density at radius 2 is 2.35 bits per heavy atom. The maximum atomic E-state index is 11.9. The van der Waals surface area contributed by atoms with Crippen molar-refractivity contribution in [3.05, 3.63) is 29.6 Å².